The van der Waals surface area contributed by atoms with Crippen molar-refractivity contribution in [1.29, 1.82) is 0 Å². The summed E-state index contributed by atoms with van der Waals surface area (Å²) in [5.41, 5.74) is 0.538. The second kappa shape index (κ2) is 5.85. The molecule has 1 fully saturated rings. The molecule has 0 saturated heterocycles. The van der Waals surface area contributed by atoms with Crippen molar-refractivity contribution in [3.63, 3.8) is 0 Å². The monoisotopic (exact) mass is 247 g/mol. The summed E-state index contributed by atoms with van der Waals surface area (Å²) in [6, 6.07) is 5.55. The van der Waals surface area contributed by atoms with Crippen molar-refractivity contribution in [2.24, 2.45) is 5.92 Å². The Hall–Kier alpha value is -1.58. The molecule has 1 aliphatic rings. The van der Waals surface area contributed by atoms with Gasteiger partial charge in [0.25, 0.3) is 5.91 Å². The van der Waals surface area contributed by atoms with E-state index in [4.69, 9.17) is 0 Å². The Kier molecular flexibility index (Phi) is 4.18. The molecule has 98 valence electrons. The van der Waals surface area contributed by atoms with Gasteiger partial charge in [-0.3, -0.25) is 4.79 Å². The van der Waals surface area contributed by atoms with E-state index >= 15 is 0 Å². The number of anilines is 1. The minimum absolute atomic E-state index is 0.0455. The highest BCUT2D eigenvalue weighted by atomic mass is 16.2. The minimum Gasteiger partial charge on any atom is -0.370 e. The van der Waals surface area contributed by atoms with E-state index in [1.807, 2.05) is 30.9 Å². The number of hydrogen-bond acceptors (Lipinski definition) is 3. The molecule has 1 amide bonds. The summed E-state index contributed by atoms with van der Waals surface area (Å²) < 4.78 is 0. The molecule has 4 nitrogen and oxygen atoms in total. The molecule has 0 unspecified atom stereocenters. The first-order chi connectivity index (χ1) is 8.74. The third kappa shape index (κ3) is 3.22. The highest BCUT2D eigenvalue weighted by Gasteiger charge is 2.26. The summed E-state index contributed by atoms with van der Waals surface area (Å²) >= 11 is 0. The Labute approximate surface area is 108 Å². The lowest BCUT2D eigenvalue weighted by Crippen LogP contribution is -2.33. The van der Waals surface area contributed by atoms with Gasteiger partial charge in [-0.15, -0.1) is 0 Å². The average Bonchev–Trinajstić information content (AvgIpc) is 3.20. The van der Waals surface area contributed by atoms with Crippen molar-refractivity contribution in [3.05, 3.63) is 23.9 Å². The van der Waals surface area contributed by atoms with Gasteiger partial charge in [0.1, 0.15) is 11.5 Å². The zero-order chi connectivity index (χ0) is 13.0. The highest BCUT2D eigenvalue weighted by molar-refractivity contribution is 5.92. The molecule has 1 aliphatic carbocycles. The number of carbonyl (C=O) groups is 1. The van der Waals surface area contributed by atoms with E-state index in [0.29, 0.717) is 11.6 Å². The van der Waals surface area contributed by atoms with Gasteiger partial charge in [-0.2, -0.15) is 0 Å². The Balaban J connectivity index is 2.07. The van der Waals surface area contributed by atoms with E-state index in [0.717, 1.165) is 25.5 Å². The molecule has 0 aromatic carbocycles. The van der Waals surface area contributed by atoms with Crippen molar-refractivity contribution in [2.45, 2.75) is 26.7 Å². The van der Waals surface area contributed by atoms with Crippen LogP contribution in [0.1, 0.15) is 37.2 Å². The molecule has 1 aromatic heterocycles. The van der Waals surface area contributed by atoms with Gasteiger partial charge < -0.3 is 10.2 Å². The molecule has 0 radical (unpaired) electrons. The number of pyridine rings is 1. The number of amides is 1. The highest BCUT2D eigenvalue weighted by Crippen LogP contribution is 2.30. The zero-order valence-corrected chi connectivity index (χ0v) is 11.1. The maximum atomic E-state index is 12.3. The first-order valence-corrected chi connectivity index (χ1v) is 6.74. The van der Waals surface area contributed by atoms with Crippen LogP contribution in [-0.2, 0) is 0 Å². The fourth-order valence-electron chi connectivity index (χ4n) is 1.96. The summed E-state index contributed by atoms with van der Waals surface area (Å²) in [6.45, 7) is 6.48. The van der Waals surface area contributed by atoms with Crippen LogP contribution < -0.4 is 5.32 Å². The first-order valence-electron chi connectivity index (χ1n) is 6.74. The van der Waals surface area contributed by atoms with Crippen LogP contribution in [0.15, 0.2) is 18.2 Å². The fraction of sp³-hybridized carbons (Fsp3) is 0.571. The number of hydrogen-bond donors (Lipinski definition) is 1. The maximum Gasteiger partial charge on any atom is 0.272 e. The maximum absolute atomic E-state index is 12.3. The van der Waals surface area contributed by atoms with E-state index in [2.05, 4.69) is 10.3 Å². The van der Waals surface area contributed by atoms with Crippen molar-refractivity contribution in [1.82, 2.24) is 9.88 Å². The van der Waals surface area contributed by atoms with Crippen LogP contribution >= 0.6 is 0 Å². The molecule has 18 heavy (non-hydrogen) atoms. The van der Waals surface area contributed by atoms with Gasteiger partial charge in [-0.1, -0.05) is 6.07 Å². The molecule has 1 heterocycles. The van der Waals surface area contributed by atoms with Gasteiger partial charge in [-0.05, 0) is 44.7 Å². The number of aromatic nitrogens is 1. The number of rotatable bonds is 6. The fourth-order valence-corrected chi connectivity index (χ4v) is 1.96. The summed E-state index contributed by atoms with van der Waals surface area (Å²) in [6.07, 6.45) is 2.52. The van der Waals surface area contributed by atoms with Crippen molar-refractivity contribution in [3.8, 4) is 0 Å². The van der Waals surface area contributed by atoms with Crippen LogP contribution in [0.5, 0.6) is 0 Å². The Morgan fingerprint density at radius 2 is 2.22 bits per heavy atom. The van der Waals surface area contributed by atoms with Gasteiger partial charge in [0.05, 0.1) is 0 Å². The summed E-state index contributed by atoms with van der Waals surface area (Å²) in [7, 11) is 0. The second-order valence-corrected chi connectivity index (χ2v) is 4.73. The lowest BCUT2D eigenvalue weighted by Gasteiger charge is -2.20. The predicted octanol–water partition coefficient (Wildman–Crippen LogP) is 2.39. The quantitative estimate of drug-likeness (QED) is 0.839. The van der Waals surface area contributed by atoms with Gasteiger partial charge in [0.15, 0.2) is 0 Å². The van der Waals surface area contributed by atoms with Crippen LogP contribution in [-0.4, -0.2) is 35.4 Å². The van der Waals surface area contributed by atoms with Crippen LogP contribution in [0.25, 0.3) is 0 Å². The molecule has 0 bridgehead atoms. The largest absolute Gasteiger partial charge is 0.370 e. The molecule has 4 heteroatoms. The molecular weight excluding hydrogens is 226 g/mol. The molecule has 1 saturated carbocycles. The summed E-state index contributed by atoms with van der Waals surface area (Å²) in [4.78, 5) is 18.6. The van der Waals surface area contributed by atoms with Gasteiger partial charge in [0.2, 0.25) is 0 Å². The van der Waals surface area contributed by atoms with Crippen LogP contribution in [0, 0.1) is 5.92 Å². The molecule has 1 aromatic rings. The topological polar surface area (TPSA) is 45.2 Å². The predicted molar refractivity (Wildman–Crippen MR) is 72.7 cm³/mol. The Morgan fingerprint density at radius 1 is 1.44 bits per heavy atom. The second-order valence-electron chi connectivity index (χ2n) is 4.73. The molecule has 2 rings (SSSR count). The van der Waals surface area contributed by atoms with E-state index in [-0.39, 0.29) is 5.91 Å². The number of nitrogens with zero attached hydrogens (tertiary/aromatic N) is 2. The lowest BCUT2D eigenvalue weighted by atomic mass is 10.2. The smallest absolute Gasteiger partial charge is 0.272 e. The molecule has 0 spiro atoms. The first kappa shape index (κ1) is 12.9. The summed E-state index contributed by atoms with van der Waals surface area (Å²) in [5, 5.41) is 3.13. The molecule has 0 aliphatic heterocycles. The van der Waals surface area contributed by atoms with E-state index in [9.17, 15) is 4.79 Å². The number of carbonyl (C=O) groups excluding carboxylic acids is 1. The molecular formula is C14H21N3O. The van der Waals surface area contributed by atoms with Gasteiger partial charge >= 0.3 is 0 Å². The van der Waals surface area contributed by atoms with E-state index in [1.165, 1.54) is 12.8 Å². The van der Waals surface area contributed by atoms with E-state index in [1.54, 1.807) is 6.07 Å². The molecule has 1 N–H and O–H groups in total. The average molecular weight is 247 g/mol. The van der Waals surface area contributed by atoms with Crippen LogP contribution in [0.2, 0.25) is 0 Å². The standard InChI is InChI=1S/C14H21N3O/c1-3-15-13-7-5-6-12(16-13)14(18)17(4-2)10-11-8-9-11/h5-7,11H,3-4,8-10H2,1-2H3,(H,15,16). The minimum atomic E-state index is 0.0455. The van der Waals surface area contributed by atoms with Crippen LogP contribution in [0.4, 0.5) is 5.82 Å². The Bertz CT molecular complexity index is 415. The van der Waals surface area contributed by atoms with Gasteiger partial charge in [0, 0.05) is 19.6 Å². The van der Waals surface area contributed by atoms with E-state index < -0.39 is 0 Å². The van der Waals surface area contributed by atoms with Gasteiger partial charge in [-0.25, -0.2) is 4.98 Å². The lowest BCUT2D eigenvalue weighted by molar-refractivity contribution is 0.0751. The zero-order valence-electron chi connectivity index (χ0n) is 11.1. The van der Waals surface area contributed by atoms with Crippen molar-refractivity contribution in [2.75, 3.05) is 25.0 Å². The molecule has 0 atom stereocenters. The van der Waals surface area contributed by atoms with Crippen LogP contribution in [0.3, 0.4) is 0 Å². The number of nitrogens with one attached hydrogen (secondary N) is 1. The third-order valence-electron chi connectivity index (χ3n) is 3.17. The normalized spacial score (nSPS) is 14.3. The third-order valence-corrected chi connectivity index (χ3v) is 3.17. The van der Waals surface area contributed by atoms with Crippen molar-refractivity contribution < 1.29 is 4.79 Å². The Morgan fingerprint density at radius 3 is 2.83 bits per heavy atom. The SMILES string of the molecule is CCNc1cccc(C(=O)N(CC)CC2CC2)n1. The van der Waals surface area contributed by atoms with Crippen molar-refractivity contribution >= 4 is 11.7 Å². The summed E-state index contributed by atoms with van der Waals surface area (Å²) in [5.74, 6) is 1.53.